The van der Waals surface area contributed by atoms with Gasteiger partial charge in [0.25, 0.3) is 0 Å². The van der Waals surface area contributed by atoms with E-state index in [4.69, 9.17) is 4.74 Å². The molecule has 0 heterocycles. The van der Waals surface area contributed by atoms with Gasteiger partial charge in [-0.2, -0.15) is 0 Å². The quantitative estimate of drug-likeness (QED) is 0.484. The number of rotatable bonds is 6. The summed E-state index contributed by atoms with van der Waals surface area (Å²) in [6.07, 6.45) is 5.02. The van der Waals surface area contributed by atoms with Crippen molar-refractivity contribution in [3.05, 3.63) is 0 Å². The molecule has 1 aliphatic carbocycles. The van der Waals surface area contributed by atoms with Gasteiger partial charge in [0.15, 0.2) is 0 Å². The summed E-state index contributed by atoms with van der Waals surface area (Å²) in [6.45, 7) is 6.76. The molecular formula is C12H22O2. The Balaban J connectivity index is 2.20. The SMILES string of the molecule is CCCCC[C@H]1[C@@H](C)[C@@H]1C(=O)OCC. The molecule has 2 heteroatoms. The van der Waals surface area contributed by atoms with Crippen molar-refractivity contribution in [2.24, 2.45) is 17.8 Å². The predicted octanol–water partition coefficient (Wildman–Crippen LogP) is 3.01. The molecular weight excluding hydrogens is 176 g/mol. The number of ether oxygens (including phenoxy) is 1. The highest BCUT2D eigenvalue weighted by Crippen LogP contribution is 2.49. The summed E-state index contributed by atoms with van der Waals surface area (Å²) < 4.78 is 5.03. The van der Waals surface area contributed by atoms with Gasteiger partial charge in [-0.3, -0.25) is 4.79 Å². The second kappa shape index (κ2) is 5.38. The van der Waals surface area contributed by atoms with Gasteiger partial charge in [-0.05, 0) is 25.2 Å². The van der Waals surface area contributed by atoms with E-state index in [0.29, 0.717) is 18.4 Å². The van der Waals surface area contributed by atoms with Gasteiger partial charge in [0.1, 0.15) is 0 Å². The number of esters is 1. The predicted molar refractivity (Wildman–Crippen MR) is 56.9 cm³/mol. The molecule has 1 fully saturated rings. The number of hydrogen-bond acceptors (Lipinski definition) is 2. The largest absolute Gasteiger partial charge is 0.466 e. The molecule has 1 aliphatic rings. The van der Waals surface area contributed by atoms with Gasteiger partial charge in [0.05, 0.1) is 12.5 Å². The monoisotopic (exact) mass is 198 g/mol. The smallest absolute Gasteiger partial charge is 0.309 e. The minimum atomic E-state index is 0.0292. The van der Waals surface area contributed by atoms with Crippen LogP contribution in [-0.2, 0) is 9.53 Å². The lowest BCUT2D eigenvalue weighted by Gasteiger charge is -2.00. The van der Waals surface area contributed by atoms with Crippen LogP contribution in [0.15, 0.2) is 0 Å². The van der Waals surface area contributed by atoms with Crippen LogP contribution >= 0.6 is 0 Å². The molecule has 0 amide bonds. The molecule has 0 spiro atoms. The van der Waals surface area contributed by atoms with Gasteiger partial charge in [-0.25, -0.2) is 0 Å². The molecule has 0 unspecified atom stereocenters. The van der Waals surface area contributed by atoms with Crippen molar-refractivity contribution in [2.75, 3.05) is 6.61 Å². The zero-order chi connectivity index (χ0) is 10.6. The molecule has 2 nitrogen and oxygen atoms in total. The van der Waals surface area contributed by atoms with E-state index in [9.17, 15) is 4.79 Å². The fourth-order valence-electron chi connectivity index (χ4n) is 2.25. The Morgan fingerprint density at radius 1 is 1.29 bits per heavy atom. The van der Waals surface area contributed by atoms with Crippen LogP contribution in [0.1, 0.15) is 46.5 Å². The van der Waals surface area contributed by atoms with Crippen LogP contribution in [-0.4, -0.2) is 12.6 Å². The summed E-state index contributed by atoms with van der Waals surface area (Å²) in [5.41, 5.74) is 0. The molecule has 82 valence electrons. The molecule has 1 saturated carbocycles. The maximum absolute atomic E-state index is 11.4. The van der Waals surface area contributed by atoms with Crippen LogP contribution in [0.5, 0.6) is 0 Å². The molecule has 0 bridgehead atoms. The second-order valence-electron chi connectivity index (χ2n) is 4.30. The van der Waals surface area contributed by atoms with Gasteiger partial charge in [0, 0.05) is 0 Å². The zero-order valence-corrected chi connectivity index (χ0v) is 9.58. The van der Waals surface area contributed by atoms with Crippen molar-refractivity contribution in [3.8, 4) is 0 Å². The Hall–Kier alpha value is -0.530. The Labute approximate surface area is 87.0 Å². The second-order valence-corrected chi connectivity index (χ2v) is 4.30. The third kappa shape index (κ3) is 2.73. The lowest BCUT2D eigenvalue weighted by Crippen LogP contribution is -2.08. The minimum absolute atomic E-state index is 0.0292. The van der Waals surface area contributed by atoms with Crippen molar-refractivity contribution in [3.63, 3.8) is 0 Å². The van der Waals surface area contributed by atoms with Crippen LogP contribution in [0.25, 0.3) is 0 Å². The average Bonchev–Trinajstić information content (AvgIpc) is 2.78. The summed E-state index contributed by atoms with van der Waals surface area (Å²) in [5, 5.41) is 0. The van der Waals surface area contributed by atoms with Crippen LogP contribution in [0.3, 0.4) is 0 Å². The Bertz CT molecular complexity index is 189. The number of hydrogen-bond donors (Lipinski definition) is 0. The summed E-state index contributed by atoms with van der Waals surface area (Å²) >= 11 is 0. The third-order valence-corrected chi connectivity index (χ3v) is 3.26. The van der Waals surface area contributed by atoms with E-state index in [1.54, 1.807) is 0 Å². The van der Waals surface area contributed by atoms with Gasteiger partial charge in [-0.1, -0.05) is 33.1 Å². The summed E-state index contributed by atoms with van der Waals surface area (Å²) in [6, 6.07) is 0. The first-order valence-corrected chi connectivity index (χ1v) is 5.89. The molecule has 0 aromatic rings. The fraction of sp³-hybridized carbons (Fsp3) is 0.917. The van der Waals surface area contributed by atoms with E-state index in [-0.39, 0.29) is 11.9 Å². The lowest BCUT2D eigenvalue weighted by atomic mass is 10.1. The Morgan fingerprint density at radius 2 is 2.00 bits per heavy atom. The van der Waals surface area contributed by atoms with E-state index >= 15 is 0 Å². The van der Waals surface area contributed by atoms with Gasteiger partial charge >= 0.3 is 5.97 Å². The molecule has 0 saturated heterocycles. The zero-order valence-electron chi connectivity index (χ0n) is 9.58. The molecule has 3 atom stereocenters. The van der Waals surface area contributed by atoms with E-state index in [1.807, 2.05) is 6.92 Å². The minimum Gasteiger partial charge on any atom is -0.466 e. The molecule has 0 N–H and O–H groups in total. The Kier molecular flexibility index (Phi) is 4.43. The number of unbranched alkanes of at least 4 members (excludes halogenated alkanes) is 2. The summed E-state index contributed by atoms with van der Waals surface area (Å²) in [5.74, 6) is 1.42. The van der Waals surface area contributed by atoms with E-state index < -0.39 is 0 Å². The van der Waals surface area contributed by atoms with E-state index in [0.717, 1.165) is 0 Å². The van der Waals surface area contributed by atoms with Crippen LogP contribution in [0, 0.1) is 17.8 Å². The maximum Gasteiger partial charge on any atom is 0.309 e. The topological polar surface area (TPSA) is 26.3 Å². The van der Waals surface area contributed by atoms with Crippen molar-refractivity contribution >= 4 is 5.97 Å². The van der Waals surface area contributed by atoms with Crippen molar-refractivity contribution in [1.29, 1.82) is 0 Å². The van der Waals surface area contributed by atoms with Crippen LogP contribution in [0.4, 0.5) is 0 Å². The highest BCUT2D eigenvalue weighted by molar-refractivity contribution is 5.76. The lowest BCUT2D eigenvalue weighted by molar-refractivity contribution is -0.145. The summed E-state index contributed by atoms with van der Waals surface area (Å²) in [7, 11) is 0. The van der Waals surface area contributed by atoms with Crippen molar-refractivity contribution in [1.82, 2.24) is 0 Å². The first-order chi connectivity index (χ1) is 6.72. The van der Waals surface area contributed by atoms with Crippen molar-refractivity contribution < 1.29 is 9.53 Å². The first kappa shape index (κ1) is 11.5. The van der Waals surface area contributed by atoms with Gasteiger partial charge in [0.2, 0.25) is 0 Å². The Morgan fingerprint density at radius 3 is 2.57 bits per heavy atom. The maximum atomic E-state index is 11.4. The van der Waals surface area contributed by atoms with Crippen molar-refractivity contribution in [2.45, 2.75) is 46.5 Å². The molecule has 14 heavy (non-hydrogen) atoms. The standard InChI is InChI=1S/C12H22O2/c1-4-6-7-8-10-9(3)11(10)12(13)14-5-2/h9-11H,4-8H2,1-3H3/t9-,10+,11+/m1/s1. The first-order valence-electron chi connectivity index (χ1n) is 5.89. The molecule has 0 aliphatic heterocycles. The molecule has 0 aromatic heterocycles. The number of carbonyl (C=O) groups excluding carboxylic acids is 1. The van der Waals surface area contributed by atoms with Gasteiger partial charge in [-0.15, -0.1) is 0 Å². The fourth-order valence-corrected chi connectivity index (χ4v) is 2.25. The highest BCUT2D eigenvalue weighted by Gasteiger charge is 2.51. The molecule has 0 aromatic carbocycles. The van der Waals surface area contributed by atoms with E-state index in [1.165, 1.54) is 25.7 Å². The highest BCUT2D eigenvalue weighted by atomic mass is 16.5. The van der Waals surface area contributed by atoms with Crippen LogP contribution in [0.2, 0.25) is 0 Å². The third-order valence-electron chi connectivity index (χ3n) is 3.26. The normalized spacial score (nSPS) is 30.1. The molecule has 0 radical (unpaired) electrons. The number of carbonyl (C=O) groups is 1. The van der Waals surface area contributed by atoms with Gasteiger partial charge < -0.3 is 4.74 Å². The van der Waals surface area contributed by atoms with E-state index in [2.05, 4.69) is 13.8 Å². The van der Waals surface area contributed by atoms with Crippen LogP contribution < -0.4 is 0 Å². The molecule has 1 rings (SSSR count). The average molecular weight is 198 g/mol. The summed E-state index contributed by atoms with van der Waals surface area (Å²) in [4.78, 5) is 11.4.